The molecule has 98 valence electrons. The van der Waals surface area contributed by atoms with E-state index in [4.69, 9.17) is 5.26 Å². The minimum atomic E-state index is -3.28. The third kappa shape index (κ3) is 3.81. The molecule has 0 heterocycles. The van der Waals surface area contributed by atoms with E-state index >= 15 is 0 Å². The molecule has 0 saturated heterocycles. The van der Waals surface area contributed by atoms with Gasteiger partial charge >= 0.3 is 0 Å². The topological polar surface area (TPSA) is 57.9 Å². The average Bonchev–Trinajstić information content (AvgIpc) is 2.32. The van der Waals surface area contributed by atoms with Crippen molar-refractivity contribution in [2.45, 2.75) is 31.4 Å². The molecule has 0 N–H and O–H groups in total. The van der Waals surface area contributed by atoms with Gasteiger partial charge < -0.3 is 0 Å². The van der Waals surface area contributed by atoms with Crippen LogP contribution >= 0.6 is 0 Å². The number of hydrogen-bond donors (Lipinski definition) is 0. The van der Waals surface area contributed by atoms with Crippen molar-refractivity contribution >= 4 is 9.84 Å². The Balaban J connectivity index is 2.89. The summed E-state index contributed by atoms with van der Waals surface area (Å²) in [6.07, 6.45) is 1.02. The Labute approximate surface area is 107 Å². The maximum absolute atomic E-state index is 12.8. The van der Waals surface area contributed by atoms with Gasteiger partial charge in [-0.1, -0.05) is 19.1 Å². The predicted molar refractivity (Wildman–Crippen MR) is 68.1 cm³/mol. The number of nitrogens with zero attached hydrogens (tertiary/aromatic N) is 1. The van der Waals surface area contributed by atoms with Crippen molar-refractivity contribution in [2.24, 2.45) is 0 Å². The van der Waals surface area contributed by atoms with Crippen molar-refractivity contribution in [3.05, 3.63) is 35.6 Å². The van der Waals surface area contributed by atoms with Crippen molar-refractivity contribution in [1.82, 2.24) is 0 Å². The number of unbranched alkanes of at least 4 members (excludes halogenated alkanes) is 1. The number of hydrogen-bond acceptors (Lipinski definition) is 3. The second-order valence-electron chi connectivity index (χ2n) is 4.08. The largest absolute Gasteiger partial charge is 0.228 e. The first-order valence-electron chi connectivity index (χ1n) is 5.85. The summed E-state index contributed by atoms with van der Waals surface area (Å²) in [7, 11) is -3.28. The van der Waals surface area contributed by atoms with Crippen molar-refractivity contribution in [2.75, 3.05) is 5.75 Å². The highest BCUT2D eigenvalue weighted by Gasteiger charge is 2.24. The molecule has 18 heavy (non-hydrogen) atoms. The van der Waals surface area contributed by atoms with E-state index in [2.05, 4.69) is 0 Å². The van der Waals surface area contributed by atoms with Crippen molar-refractivity contribution < 1.29 is 12.8 Å². The fraction of sp³-hybridized carbons (Fsp3) is 0.462. The van der Waals surface area contributed by atoms with E-state index in [0.717, 1.165) is 0 Å². The molecule has 0 radical (unpaired) electrons. The van der Waals surface area contributed by atoms with Crippen molar-refractivity contribution in [3.8, 4) is 6.07 Å². The predicted octanol–water partition coefficient (Wildman–Crippen LogP) is 3.00. The maximum Gasteiger partial charge on any atom is 0.157 e. The molecular weight excluding hydrogens is 253 g/mol. The van der Waals surface area contributed by atoms with Gasteiger partial charge in [-0.25, -0.2) is 12.8 Å². The monoisotopic (exact) mass is 269 g/mol. The van der Waals surface area contributed by atoms with Crippen LogP contribution in [0.5, 0.6) is 0 Å². The Morgan fingerprint density at radius 2 is 1.94 bits per heavy atom. The number of sulfone groups is 1. The summed E-state index contributed by atoms with van der Waals surface area (Å²) in [5.74, 6) is -0.383. The molecule has 0 bridgehead atoms. The highest BCUT2D eigenvalue weighted by molar-refractivity contribution is 7.91. The Morgan fingerprint density at radius 1 is 1.33 bits per heavy atom. The van der Waals surface area contributed by atoms with Gasteiger partial charge in [-0.05, 0) is 30.5 Å². The van der Waals surface area contributed by atoms with Gasteiger partial charge in [-0.2, -0.15) is 5.26 Å². The molecule has 1 rings (SSSR count). The minimum absolute atomic E-state index is 0.00353. The normalized spacial score (nSPS) is 12.9. The SMILES string of the molecule is CC[C@@H](c1ccc(F)cc1)S(=O)(=O)CCCC#N. The third-order valence-corrected chi connectivity index (χ3v) is 5.09. The first-order chi connectivity index (χ1) is 8.51. The van der Waals surface area contributed by atoms with E-state index in [0.29, 0.717) is 18.4 Å². The van der Waals surface area contributed by atoms with E-state index in [1.54, 1.807) is 6.92 Å². The molecule has 0 aliphatic rings. The van der Waals surface area contributed by atoms with Gasteiger partial charge in [0.05, 0.1) is 17.1 Å². The molecule has 5 heteroatoms. The summed E-state index contributed by atoms with van der Waals surface area (Å²) in [6, 6.07) is 7.47. The fourth-order valence-electron chi connectivity index (χ4n) is 1.87. The highest BCUT2D eigenvalue weighted by Crippen LogP contribution is 2.27. The second-order valence-corrected chi connectivity index (χ2v) is 6.38. The van der Waals surface area contributed by atoms with Gasteiger partial charge in [-0.3, -0.25) is 0 Å². The van der Waals surface area contributed by atoms with Crippen LogP contribution in [-0.2, 0) is 9.84 Å². The molecule has 3 nitrogen and oxygen atoms in total. The quantitative estimate of drug-likeness (QED) is 0.746. The van der Waals surface area contributed by atoms with Crippen LogP contribution in [0.4, 0.5) is 4.39 Å². The molecule has 0 fully saturated rings. The van der Waals surface area contributed by atoms with Crippen LogP contribution in [0.3, 0.4) is 0 Å². The average molecular weight is 269 g/mol. The molecule has 1 atom stereocenters. The van der Waals surface area contributed by atoms with Crippen LogP contribution in [0, 0.1) is 17.1 Å². The smallest absolute Gasteiger partial charge is 0.157 e. The molecule has 0 amide bonds. The molecule has 0 aliphatic carbocycles. The number of halogens is 1. The molecule has 0 unspecified atom stereocenters. The maximum atomic E-state index is 12.8. The summed E-state index contributed by atoms with van der Waals surface area (Å²) in [5, 5.41) is 7.81. The Hall–Kier alpha value is -1.41. The first-order valence-corrected chi connectivity index (χ1v) is 7.56. The molecule has 0 spiro atoms. The summed E-state index contributed by atoms with van der Waals surface area (Å²) in [6.45, 7) is 1.79. The van der Waals surface area contributed by atoms with E-state index in [1.807, 2.05) is 6.07 Å². The molecular formula is C13H16FNO2S. The van der Waals surface area contributed by atoms with Crippen molar-refractivity contribution in [3.63, 3.8) is 0 Å². The lowest BCUT2D eigenvalue weighted by Crippen LogP contribution is -2.16. The molecule has 0 aliphatic heterocycles. The van der Waals surface area contributed by atoms with Crippen LogP contribution in [0.1, 0.15) is 37.0 Å². The van der Waals surface area contributed by atoms with Gasteiger partial charge in [0, 0.05) is 6.42 Å². The van der Waals surface area contributed by atoms with E-state index < -0.39 is 15.1 Å². The molecule has 0 aromatic heterocycles. The standard InChI is InChI=1S/C13H16FNO2S/c1-2-13(11-5-7-12(14)8-6-11)18(16,17)10-4-3-9-15/h5-8,13H,2-4,10H2,1H3/t13-/m0/s1. The van der Waals surface area contributed by atoms with Crippen LogP contribution in [-0.4, -0.2) is 14.2 Å². The number of rotatable bonds is 6. The molecule has 1 aromatic carbocycles. The van der Waals surface area contributed by atoms with Gasteiger partial charge in [0.1, 0.15) is 5.82 Å². The zero-order valence-electron chi connectivity index (χ0n) is 10.3. The van der Waals surface area contributed by atoms with Crippen LogP contribution in [0.15, 0.2) is 24.3 Å². The molecule has 1 aromatic rings. The Bertz CT molecular complexity index is 517. The zero-order valence-corrected chi connectivity index (χ0v) is 11.1. The second kappa shape index (κ2) is 6.50. The van der Waals surface area contributed by atoms with Crippen LogP contribution in [0.2, 0.25) is 0 Å². The first kappa shape index (κ1) is 14.7. The summed E-state index contributed by atoms with van der Waals surface area (Å²) >= 11 is 0. The lowest BCUT2D eigenvalue weighted by molar-refractivity contribution is 0.576. The fourth-order valence-corrected chi connectivity index (χ4v) is 3.78. The molecule has 0 saturated carbocycles. The number of nitriles is 1. The minimum Gasteiger partial charge on any atom is -0.228 e. The van der Waals surface area contributed by atoms with Gasteiger partial charge in [0.15, 0.2) is 9.84 Å². The lowest BCUT2D eigenvalue weighted by atomic mass is 10.1. The van der Waals surface area contributed by atoms with E-state index in [9.17, 15) is 12.8 Å². The zero-order chi connectivity index (χ0) is 13.6. The number of benzene rings is 1. The lowest BCUT2D eigenvalue weighted by Gasteiger charge is -2.16. The van der Waals surface area contributed by atoms with Crippen LogP contribution in [0.25, 0.3) is 0 Å². The summed E-state index contributed by atoms with van der Waals surface area (Å²) in [5.41, 5.74) is 0.607. The van der Waals surface area contributed by atoms with Crippen LogP contribution < -0.4 is 0 Å². The van der Waals surface area contributed by atoms with E-state index in [1.165, 1.54) is 24.3 Å². The highest BCUT2D eigenvalue weighted by atomic mass is 32.2. The van der Waals surface area contributed by atoms with Gasteiger partial charge in [-0.15, -0.1) is 0 Å². The van der Waals surface area contributed by atoms with E-state index in [-0.39, 0.29) is 18.0 Å². The summed E-state index contributed by atoms with van der Waals surface area (Å²) < 4.78 is 37.1. The summed E-state index contributed by atoms with van der Waals surface area (Å²) in [4.78, 5) is 0. The van der Waals surface area contributed by atoms with Gasteiger partial charge in [0.25, 0.3) is 0 Å². The third-order valence-electron chi connectivity index (χ3n) is 2.76. The van der Waals surface area contributed by atoms with Gasteiger partial charge in [0.2, 0.25) is 0 Å². The van der Waals surface area contributed by atoms with Crippen molar-refractivity contribution in [1.29, 1.82) is 5.26 Å². The Morgan fingerprint density at radius 3 is 2.44 bits per heavy atom. The Kier molecular flexibility index (Phi) is 5.29.